The van der Waals surface area contributed by atoms with E-state index in [-0.39, 0.29) is 0 Å². The molecule has 1 aromatic carbocycles. The van der Waals surface area contributed by atoms with Gasteiger partial charge in [-0.05, 0) is 6.07 Å². The van der Waals surface area contributed by atoms with Gasteiger partial charge in [-0.1, -0.05) is 12.2 Å². The summed E-state index contributed by atoms with van der Waals surface area (Å²) in [7, 11) is 4.74. The van der Waals surface area contributed by atoms with Gasteiger partial charge in [-0.15, -0.1) is 0 Å². The molecule has 5 heteroatoms. The van der Waals surface area contributed by atoms with Crippen molar-refractivity contribution in [1.82, 2.24) is 0 Å². The predicted molar refractivity (Wildman–Crippen MR) is 66.6 cm³/mol. The van der Waals surface area contributed by atoms with E-state index >= 15 is 0 Å². The molecular weight excluding hydrogens is 226 g/mol. The molecule has 88 valence electrons. The zero-order valence-corrected chi connectivity index (χ0v) is 10.4. The van der Waals surface area contributed by atoms with Crippen LogP contribution in [0, 0.1) is 0 Å². The molecule has 1 rings (SSSR count). The van der Waals surface area contributed by atoms with Crippen molar-refractivity contribution >= 4 is 17.2 Å². The summed E-state index contributed by atoms with van der Waals surface area (Å²) in [5.41, 5.74) is 6.40. The van der Waals surface area contributed by atoms with E-state index in [1.165, 1.54) is 0 Å². The van der Waals surface area contributed by atoms with Crippen LogP contribution in [-0.2, 0) is 6.42 Å². The largest absolute Gasteiger partial charge is 0.496 e. The van der Waals surface area contributed by atoms with Crippen LogP contribution in [0.25, 0.3) is 0 Å². The van der Waals surface area contributed by atoms with Gasteiger partial charge in [0.25, 0.3) is 0 Å². The van der Waals surface area contributed by atoms with Gasteiger partial charge in [0.2, 0.25) is 0 Å². The molecule has 0 aromatic heterocycles. The van der Waals surface area contributed by atoms with Crippen molar-refractivity contribution in [2.45, 2.75) is 6.42 Å². The molecule has 0 heterocycles. The topological polar surface area (TPSA) is 53.7 Å². The van der Waals surface area contributed by atoms with Crippen molar-refractivity contribution in [3.05, 3.63) is 17.7 Å². The summed E-state index contributed by atoms with van der Waals surface area (Å²) >= 11 is 4.88. The molecule has 16 heavy (non-hydrogen) atoms. The number of hydrogen-bond donors (Lipinski definition) is 1. The number of ether oxygens (including phenoxy) is 3. The third-order valence-electron chi connectivity index (χ3n) is 2.15. The van der Waals surface area contributed by atoms with E-state index in [9.17, 15) is 0 Å². The van der Waals surface area contributed by atoms with Crippen molar-refractivity contribution in [3.63, 3.8) is 0 Å². The summed E-state index contributed by atoms with van der Waals surface area (Å²) in [5.74, 6) is 1.94. The number of rotatable bonds is 5. The summed E-state index contributed by atoms with van der Waals surface area (Å²) in [6, 6.07) is 3.57. The Morgan fingerprint density at radius 1 is 1.06 bits per heavy atom. The maximum atomic E-state index is 5.51. The quantitative estimate of drug-likeness (QED) is 0.792. The van der Waals surface area contributed by atoms with E-state index in [2.05, 4.69) is 0 Å². The average molecular weight is 241 g/mol. The highest BCUT2D eigenvalue weighted by atomic mass is 32.1. The van der Waals surface area contributed by atoms with Gasteiger partial charge >= 0.3 is 0 Å². The first-order valence-electron chi connectivity index (χ1n) is 4.69. The smallest absolute Gasteiger partial charge is 0.164 e. The minimum absolute atomic E-state index is 0.408. The minimum atomic E-state index is 0.408. The Balaban J connectivity index is 3.20. The fourth-order valence-corrected chi connectivity index (χ4v) is 1.57. The number of hydrogen-bond acceptors (Lipinski definition) is 4. The summed E-state index contributed by atoms with van der Waals surface area (Å²) in [4.78, 5) is 0.408. The molecule has 0 aliphatic heterocycles. The second-order valence-electron chi connectivity index (χ2n) is 3.16. The third-order valence-corrected chi connectivity index (χ3v) is 2.30. The molecule has 0 radical (unpaired) electrons. The molecule has 0 saturated heterocycles. The standard InChI is InChI=1S/C11H15NO3S/c1-13-8-6-10(15-3)9(14-2)4-7(8)5-11(12)16/h4,6H,5H2,1-3H3,(H2,12,16). The molecular formula is C11H15NO3S. The lowest BCUT2D eigenvalue weighted by molar-refractivity contribution is 0.348. The lowest BCUT2D eigenvalue weighted by atomic mass is 10.1. The highest BCUT2D eigenvalue weighted by molar-refractivity contribution is 7.80. The van der Waals surface area contributed by atoms with Crippen LogP contribution in [0.5, 0.6) is 17.2 Å². The molecule has 1 aromatic rings. The van der Waals surface area contributed by atoms with E-state index in [1.54, 1.807) is 27.4 Å². The van der Waals surface area contributed by atoms with Crippen molar-refractivity contribution in [1.29, 1.82) is 0 Å². The fourth-order valence-electron chi connectivity index (χ4n) is 1.42. The Bertz CT molecular complexity index is 393. The molecule has 4 nitrogen and oxygen atoms in total. The Labute approximate surface area is 100 Å². The normalized spacial score (nSPS) is 9.69. The van der Waals surface area contributed by atoms with E-state index in [0.717, 1.165) is 5.56 Å². The van der Waals surface area contributed by atoms with Gasteiger partial charge in [0.05, 0.1) is 26.3 Å². The van der Waals surface area contributed by atoms with Crippen LogP contribution in [0.3, 0.4) is 0 Å². The van der Waals surface area contributed by atoms with Crippen LogP contribution < -0.4 is 19.9 Å². The first kappa shape index (κ1) is 12.6. The lowest BCUT2D eigenvalue weighted by Gasteiger charge is -2.13. The first-order chi connectivity index (χ1) is 7.62. The molecule has 0 aliphatic carbocycles. The molecule has 0 unspecified atom stereocenters. The fraction of sp³-hybridized carbons (Fsp3) is 0.364. The minimum Gasteiger partial charge on any atom is -0.496 e. The SMILES string of the molecule is COc1cc(OC)c(OC)cc1CC(N)=S. The molecule has 0 aliphatic rings. The Morgan fingerprint density at radius 2 is 1.56 bits per heavy atom. The van der Waals surface area contributed by atoms with Crippen LogP contribution in [0.4, 0.5) is 0 Å². The van der Waals surface area contributed by atoms with Gasteiger partial charge in [0, 0.05) is 18.1 Å². The zero-order chi connectivity index (χ0) is 12.1. The number of nitrogens with two attached hydrogens (primary N) is 1. The molecule has 0 atom stereocenters. The second kappa shape index (κ2) is 5.55. The predicted octanol–water partition coefficient (Wildman–Crippen LogP) is 1.54. The Morgan fingerprint density at radius 3 is 2.00 bits per heavy atom. The van der Waals surface area contributed by atoms with Crippen LogP contribution in [-0.4, -0.2) is 26.3 Å². The summed E-state index contributed by atoms with van der Waals surface area (Å²) < 4.78 is 15.6. The van der Waals surface area contributed by atoms with Gasteiger partial charge in [-0.25, -0.2) is 0 Å². The van der Waals surface area contributed by atoms with Crippen LogP contribution in [0.1, 0.15) is 5.56 Å². The lowest BCUT2D eigenvalue weighted by Crippen LogP contribution is -2.12. The Kier molecular flexibility index (Phi) is 4.37. The summed E-state index contributed by atoms with van der Waals surface area (Å²) in [6.07, 6.45) is 0.471. The molecule has 0 spiro atoms. The van der Waals surface area contributed by atoms with Gasteiger partial charge in [-0.3, -0.25) is 0 Å². The molecule has 2 N–H and O–H groups in total. The summed E-state index contributed by atoms with van der Waals surface area (Å²) in [6.45, 7) is 0. The molecule has 0 saturated carbocycles. The number of methoxy groups -OCH3 is 3. The van der Waals surface area contributed by atoms with Crippen LogP contribution in [0.15, 0.2) is 12.1 Å². The highest BCUT2D eigenvalue weighted by Gasteiger charge is 2.12. The summed E-state index contributed by atoms with van der Waals surface area (Å²) in [5, 5.41) is 0. The van der Waals surface area contributed by atoms with E-state index < -0.39 is 0 Å². The van der Waals surface area contributed by atoms with E-state index in [4.69, 9.17) is 32.2 Å². The van der Waals surface area contributed by atoms with E-state index in [1.807, 2.05) is 6.07 Å². The van der Waals surface area contributed by atoms with Crippen molar-refractivity contribution in [3.8, 4) is 17.2 Å². The second-order valence-corrected chi connectivity index (χ2v) is 3.69. The van der Waals surface area contributed by atoms with E-state index in [0.29, 0.717) is 28.7 Å². The van der Waals surface area contributed by atoms with Crippen molar-refractivity contribution in [2.24, 2.45) is 5.73 Å². The van der Waals surface area contributed by atoms with Gasteiger partial charge < -0.3 is 19.9 Å². The van der Waals surface area contributed by atoms with Crippen LogP contribution >= 0.6 is 12.2 Å². The maximum Gasteiger partial charge on any atom is 0.164 e. The van der Waals surface area contributed by atoms with Gasteiger partial charge in [0.1, 0.15) is 5.75 Å². The van der Waals surface area contributed by atoms with Gasteiger partial charge in [0.15, 0.2) is 11.5 Å². The highest BCUT2D eigenvalue weighted by Crippen LogP contribution is 2.34. The van der Waals surface area contributed by atoms with Crippen LogP contribution in [0.2, 0.25) is 0 Å². The Hall–Kier alpha value is -1.49. The van der Waals surface area contributed by atoms with Crippen molar-refractivity contribution in [2.75, 3.05) is 21.3 Å². The maximum absolute atomic E-state index is 5.51. The molecule has 0 bridgehead atoms. The monoisotopic (exact) mass is 241 g/mol. The zero-order valence-electron chi connectivity index (χ0n) is 9.57. The first-order valence-corrected chi connectivity index (χ1v) is 5.10. The van der Waals surface area contributed by atoms with Gasteiger partial charge in [-0.2, -0.15) is 0 Å². The molecule has 0 amide bonds. The number of benzene rings is 1. The van der Waals surface area contributed by atoms with Crippen molar-refractivity contribution < 1.29 is 14.2 Å². The third kappa shape index (κ3) is 2.76. The number of thiocarbonyl (C=S) groups is 1. The average Bonchev–Trinajstić information content (AvgIpc) is 2.27. The molecule has 0 fully saturated rings.